The lowest BCUT2D eigenvalue weighted by Crippen LogP contribution is -2.08. The van der Waals surface area contributed by atoms with Crippen LogP contribution in [0.15, 0.2) is 12.2 Å². The fourth-order valence-electron chi connectivity index (χ4n) is 2.97. The Balaban J connectivity index is 3.24. The Kier molecular flexibility index (Phi) is 16.2. The second-order valence-electron chi connectivity index (χ2n) is 7.64. The van der Waals surface area contributed by atoms with E-state index in [1.165, 1.54) is 38.5 Å². The lowest BCUT2D eigenvalue weighted by Gasteiger charge is -2.05. The Bertz CT molecular complexity index is 354. The van der Waals surface area contributed by atoms with Gasteiger partial charge in [-0.1, -0.05) is 77.4 Å². The van der Waals surface area contributed by atoms with Crippen molar-refractivity contribution in [1.82, 2.24) is 0 Å². The molecule has 0 aromatic carbocycles. The second kappa shape index (κ2) is 17.1. The van der Waals surface area contributed by atoms with Gasteiger partial charge in [-0.25, -0.2) is 0 Å². The van der Waals surface area contributed by atoms with Crippen LogP contribution in [-0.4, -0.2) is 22.2 Å². The molecule has 0 saturated carbocycles. The molecular formula is C22H40O4. The minimum absolute atomic E-state index is 0.203. The van der Waals surface area contributed by atoms with Crippen molar-refractivity contribution in [3.05, 3.63) is 12.2 Å². The molecule has 0 heterocycles. The van der Waals surface area contributed by atoms with E-state index in [0.717, 1.165) is 51.4 Å². The van der Waals surface area contributed by atoms with Crippen LogP contribution in [-0.2, 0) is 9.59 Å². The maximum Gasteiger partial charge on any atom is 0.306 e. The summed E-state index contributed by atoms with van der Waals surface area (Å²) in [6.45, 7) is 3.57. The fourth-order valence-corrected chi connectivity index (χ4v) is 2.97. The van der Waals surface area contributed by atoms with E-state index in [2.05, 4.69) is 12.2 Å². The summed E-state index contributed by atoms with van der Waals surface area (Å²) in [4.78, 5) is 21.4. The average Bonchev–Trinajstić information content (AvgIpc) is 2.60. The lowest BCUT2D eigenvalue weighted by atomic mass is 10.0. The highest BCUT2D eigenvalue weighted by atomic mass is 16.4. The van der Waals surface area contributed by atoms with Gasteiger partial charge < -0.3 is 10.2 Å². The first-order valence-corrected chi connectivity index (χ1v) is 10.6. The van der Waals surface area contributed by atoms with Gasteiger partial charge in [0.1, 0.15) is 0 Å². The molecule has 0 amide bonds. The largest absolute Gasteiger partial charge is 0.481 e. The van der Waals surface area contributed by atoms with E-state index in [0.29, 0.717) is 0 Å². The molecule has 2 N–H and O–H groups in total. The number of carbonyl (C=O) groups is 2. The number of allylic oxidation sites excluding steroid dienone is 2. The molecule has 0 fully saturated rings. The predicted molar refractivity (Wildman–Crippen MR) is 107 cm³/mol. The highest BCUT2D eigenvalue weighted by Gasteiger charge is 2.09. The van der Waals surface area contributed by atoms with Gasteiger partial charge in [-0.15, -0.1) is 0 Å². The molecule has 0 aliphatic rings. The third-order valence-corrected chi connectivity index (χ3v) is 5.03. The van der Waals surface area contributed by atoms with Crippen LogP contribution in [0.25, 0.3) is 0 Å². The SMILES string of the molecule is CC(CCCCCCCC=CCCCCCCCC(C)C(=O)O)C(=O)O. The Morgan fingerprint density at radius 3 is 1.27 bits per heavy atom. The quantitative estimate of drug-likeness (QED) is 0.215. The first-order valence-electron chi connectivity index (χ1n) is 10.6. The van der Waals surface area contributed by atoms with E-state index < -0.39 is 11.9 Å². The summed E-state index contributed by atoms with van der Waals surface area (Å²) in [5, 5.41) is 17.6. The zero-order valence-electron chi connectivity index (χ0n) is 16.9. The molecule has 26 heavy (non-hydrogen) atoms. The van der Waals surface area contributed by atoms with Gasteiger partial charge in [0.25, 0.3) is 0 Å². The van der Waals surface area contributed by atoms with Crippen molar-refractivity contribution in [2.24, 2.45) is 11.8 Å². The van der Waals surface area contributed by atoms with Gasteiger partial charge >= 0.3 is 11.9 Å². The maximum atomic E-state index is 10.7. The van der Waals surface area contributed by atoms with Crippen molar-refractivity contribution in [3.8, 4) is 0 Å². The van der Waals surface area contributed by atoms with Crippen LogP contribution in [0.3, 0.4) is 0 Å². The van der Waals surface area contributed by atoms with Crippen molar-refractivity contribution < 1.29 is 19.8 Å². The van der Waals surface area contributed by atoms with Gasteiger partial charge in [0.2, 0.25) is 0 Å². The lowest BCUT2D eigenvalue weighted by molar-refractivity contribution is -0.142. The van der Waals surface area contributed by atoms with Crippen LogP contribution in [0.5, 0.6) is 0 Å². The molecule has 4 heteroatoms. The van der Waals surface area contributed by atoms with Crippen molar-refractivity contribution >= 4 is 11.9 Å². The zero-order valence-corrected chi connectivity index (χ0v) is 16.9. The molecule has 0 aliphatic carbocycles. The normalized spacial score (nSPS) is 13.8. The van der Waals surface area contributed by atoms with Gasteiger partial charge in [-0.2, -0.15) is 0 Å². The number of carboxylic acid groups (broad SMARTS) is 2. The van der Waals surface area contributed by atoms with Gasteiger partial charge in [0.15, 0.2) is 0 Å². The van der Waals surface area contributed by atoms with Crippen molar-refractivity contribution in [3.63, 3.8) is 0 Å². The highest BCUT2D eigenvalue weighted by molar-refractivity contribution is 5.69. The smallest absolute Gasteiger partial charge is 0.306 e. The third-order valence-electron chi connectivity index (χ3n) is 5.03. The van der Waals surface area contributed by atoms with Crippen molar-refractivity contribution in [2.45, 2.75) is 104 Å². The van der Waals surface area contributed by atoms with Gasteiger partial charge in [0.05, 0.1) is 11.8 Å². The highest BCUT2D eigenvalue weighted by Crippen LogP contribution is 2.14. The van der Waals surface area contributed by atoms with Crippen LogP contribution in [0.4, 0.5) is 0 Å². The fraction of sp³-hybridized carbons (Fsp3) is 0.818. The summed E-state index contributed by atoms with van der Waals surface area (Å²) in [5.74, 6) is -1.76. The number of aliphatic carboxylic acids is 2. The first-order chi connectivity index (χ1) is 12.4. The van der Waals surface area contributed by atoms with E-state index >= 15 is 0 Å². The summed E-state index contributed by atoms with van der Waals surface area (Å²) < 4.78 is 0. The summed E-state index contributed by atoms with van der Waals surface area (Å²) >= 11 is 0. The van der Waals surface area contributed by atoms with Gasteiger partial charge in [-0.05, 0) is 38.5 Å². The van der Waals surface area contributed by atoms with Crippen LogP contribution >= 0.6 is 0 Å². The molecule has 0 rings (SSSR count). The number of hydrogen-bond donors (Lipinski definition) is 2. The Morgan fingerprint density at radius 2 is 0.923 bits per heavy atom. The Labute approximate surface area is 160 Å². The van der Waals surface area contributed by atoms with E-state index in [-0.39, 0.29) is 11.8 Å². The molecule has 0 saturated heterocycles. The van der Waals surface area contributed by atoms with Crippen LogP contribution in [0.2, 0.25) is 0 Å². The Hall–Kier alpha value is -1.32. The molecule has 0 aromatic rings. The number of hydrogen-bond acceptors (Lipinski definition) is 2. The minimum Gasteiger partial charge on any atom is -0.481 e. The van der Waals surface area contributed by atoms with E-state index in [4.69, 9.17) is 10.2 Å². The average molecular weight is 369 g/mol. The second-order valence-corrected chi connectivity index (χ2v) is 7.64. The molecule has 0 bridgehead atoms. The summed E-state index contributed by atoms with van der Waals surface area (Å²) in [6, 6.07) is 0. The molecule has 2 unspecified atom stereocenters. The number of rotatable bonds is 18. The van der Waals surface area contributed by atoms with E-state index in [1.807, 2.05) is 0 Å². The molecule has 0 aromatic heterocycles. The summed E-state index contributed by atoms with van der Waals surface area (Å²) in [7, 11) is 0. The molecule has 0 spiro atoms. The van der Waals surface area contributed by atoms with Crippen LogP contribution < -0.4 is 0 Å². The van der Waals surface area contributed by atoms with E-state index in [1.54, 1.807) is 13.8 Å². The monoisotopic (exact) mass is 368 g/mol. The summed E-state index contributed by atoms with van der Waals surface area (Å²) in [5.41, 5.74) is 0. The zero-order chi connectivity index (χ0) is 19.6. The van der Waals surface area contributed by atoms with Crippen molar-refractivity contribution in [2.75, 3.05) is 0 Å². The molecule has 0 radical (unpaired) electrons. The Morgan fingerprint density at radius 1 is 0.615 bits per heavy atom. The molecule has 2 atom stereocenters. The standard InChI is InChI=1S/C22H40O4/c1-19(21(23)24)17-15-13-11-9-7-5-3-4-6-8-10-12-14-16-18-20(2)22(25)26/h3-4,19-20H,5-18H2,1-2H3,(H,23,24)(H,25,26). The topological polar surface area (TPSA) is 74.6 Å². The van der Waals surface area contributed by atoms with Crippen LogP contribution in [0.1, 0.15) is 104 Å². The molecule has 4 nitrogen and oxygen atoms in total. The molecule has 152 valence electrons. The van der Waals surface area contributed by atoms with E-state index in [9.17, 15) is 9.59 Å². The summed E-state index contributed by atoms with van der Waals surface area (Å²) in [6.07, 6.45) is 20.2. The van der Waals surface area contributed by atoms with Gasteiger partial charge in [0, 0.05) is 0 Å². The number of unbranched alkanes of at least 4 members (excludes halogenated alkanes) is 10. The minimum atomic E-state index is -0.678. The first kappa shape index (κ1) is 24.7. The van der Waals surface area contributed by atoms with Crippen LogP contribution in [0, 0.1) is 11.8 Å². The molecule has 0 aliphatic heterocycles. The maximum absolute atomic E-state index is 10.7. The number of carboxylic acids is 2. The van der Waals surface area contributed by atoms with Crippen molar-refractivity contribution in [1.29, 1.82) is 0 Å². The molecular weight excluding hydrogens is 328 g/mol. The third kappa shape index (κ3) is 16.2. The predicted octanol–water partition coefficient (Wildman–Crippen LogP) is 6.45. The van der Waals surface area contributed by atoms with Gasteiger partial charge in [-0.3, -0.25) is 9.59 Å².